The van der Waals surface area contributed by atoms with Crippen LogP contribution in [0.25, 0.3) is 0 Å². The van der Waals surface area contributed by atoms with Gasteiger partial charge in [0.15, 0.2) is 0 Å². The second kappa shape index (κ2) is 6.21. The van der Waals surface area contributed by atoms with E-state index < -0.39 is 0 Å². The highest BCUT2D eigenvalue weighted by atomic mass is 79.9. The highest BCUT2D eigenvalue weighted by Gasteiger charge is 2.30. The largest absolute Gasteiger partial charge is 0.313 e. The number of rotatable bonds is 3. The zero-order chi connectivity index (χ0) is 13.1. The van der Waals surface area contributed by atoms with Gasteiger partial charge in [-0.05, 0) is 49.3 Å². The number of hydrogen-bond acceptors (Lipinski definition) is 1. The summed E-state index contributed by atoms with van der Waals surface area (Å²) < 4.78 is 1.23. The molecule has 1 aromatic rings. The van der Waals surface area contributed by atoms with Crippen LogP contribution in [0.3, 0.4) is 0 Å². The first-order valence-electron chi connectivity index (χ1n) is 7.05. The molecule has 1 fully saturated rings. The van der Waals surface area contributed by atoms with E-state index in [9.17, 15) is 0 Å². The van der Waals surface area contributed by atoms with Crippen molar-refractivity contribution in [3.8, 4) is 0 Å². The Bertz CT molecular complexity index is 390. The lowest BCUT2D eigenvalue weighted by Crippen LogP contribution is -2.31. The van der Waals surface area contributed by atoms with E-state index in [2.05, 4.69) is 66.4 Å². The molecule has 1 nitrogen and oxygen atoms in total. The fourth-order valence-corrected chi connectivity index (χ4v) is 3.80. The van der Waals surface area contributed by atoms with Crippen LogP contribution in [0.15, 0.2) is 28.7 Å². The molecule has 100 valence electrons. The van der Waals surface area contributed by atoms with Crippen LogP contribution >= 0.6 is 15.9 Å². The predicted molar refractivity (Wildman–Crippen MR) is 81.6 cm³/mol. The average Bonchev–Trinajstić information content (AvgIpc) is 2.37. The molecule has 1 N–H and O–H groups in total. The van der Waals surface area contributed by atoms with E-state index in [1.807, 2.05) is 0 Å². The lowest BCUT2D eigenvalue weighted by atomic mass is 9.72. The summed E-state index contributed by atoms with van der Waals surface area (Å²) in [5.41, 5.74) is 1.41. The SMILES string of the molecule is CNC(c1ccccc1Br)C1CCC(C)C(C)C1. The minimum atomic E-state index is 0.482. The van der Waals surface area contributed by atoms with E-state index in [1.54, 1.807) is 0 Å². The third-order valence-electron chi connectivity index (χ3n) is 4.66. The summed E-state index contributed by atoms with van der Waals surface area (Å²) in [7, 11) is 2.09. The van der Waals surface area contributed by atoms with E-state index in [4.69, 9.17) is 0 Å². The van der Waals surface area contributed by atoms with Gasteiger partial charge >= 0.3 is 0 Å². The molecule has 18 heavy (non-hydrogen) atoms. The summed E-state index contributed by atoms with van der Waals surface area (Å²) in [6.07, 6.45) is 4.06. The van der Waals surface area contributed by atoms with Gasteiger partial charge in [-0.25, -0.2) is 0 Å². The maximum atomic E-state index is 3.69. The first kappa shape index (κ1) is 14.1. The quantitative estimate of drug-likeness (QED) is 0.847. The monoisotopic (exact) mass is 309 g/mol. The number of nitrogens with one attached hydrogen (secondary N) is 1. The van der Waals surface area contributed by atoms with Crippen LogP contribution in [-0.2, 0) is 0 Å². The van der Waals surface area contributed by atoms with E-state index >= 15 is 0 Å². The Hall–Kier alpha value is -0.340. The maximum Gasteiger partial charge on any atom is 0.0357 e. The van der Waals surface area contributed by atoms with Gasteiger partial charge in [0.1, 0.15) is 0 Å². The molecule has 0 radical (unpaired) electrons. The fraction of sp³-hybridized carbons (Fsp3) is 0.625. The molecule has 1 aliphatic rings. The normalized spacial score (nSPS) is 30.1. The molecule has 2 heteroatoms. The van der Waals surface area contributed by atoms with Gasteiger partial charge in [-0.2, -0.15) is 0 Å². The van der Waals surface area contributed by atoms with Crippen LogP contribution in [0.4, 0.5) is 0 Å². The van der Waals surface area contributed by atoms with Crippen LogP contribution in [0.1, 0.15) is 44.7 Å². The molecule has 1 aromatic carbocycles. The van der Waals surface area contributed by atoms with Crippen molar-refractivity contribution in [3.05, 3.63) is 34.3 Å². The van der Waals surface area contributed by atoms with Crippen molar-refractivity contribution in [1.82, 2.24) is 5.32 Å². The predicted octanol–water partition coefficient (Wildman–Crippen LogP) is 4.78. The molecule has 0 bridgehead atoms. The van der Waals surface area contributed by atoms with Gasteiger partial charge in [-0.1, -0.05) is 54.4 Å². The van der Waals surface area contributed by atoms with Crippen molar-refractivity contribution < 1.29 is 0 Å². The summed E-state index contributed by atoms with van der Waals surface area (Å²) >= 11 is 3.69. The van der Waals surface area contributed by atoms with Gasteiger partial charge in [0.2, 0.25) is 0 Å². The molecule has 0 spiro atoms. The Morgan fingerprint density at radius 2 is 1.89 bits per heavy atom. The van der Waals surface area contributed by atoms with Gasteiger partial charge in [-0.15, -0.1) is 0 Å². The lowest BCUT2D eigenvalue weighted by Gasteiger charge is -2.37. The molecule has 0 heterocycles. The molecule has 4 atom stereocenters. The van der Waals surface area contributed by atoms with Gasteiger partial charge in [-0.3, -0.25) is 0 Å². The zero-order valence-electron chi connectivity index (χ0n) is 11.6. The first-order chi connectivity index (χ1) is 8.63. The van der Waals surface area contributed by atoms with Gasteiger partial charge in [0.05, 0.1) is 0 Å². The summed E-state index contributed by atoms with van der Waals surface area (Å²) in [6, 6.07) is 9.10. The summed E-state index contributed by atoms with van der Waals surface area (Å²) in [6.45, 7) is 4.80. The van der Waals surface area contributed by atoms with Crippen LogP contribution in [0.2, 0.25) is 0 Å². The third-order valence-corrected chi connectivity index (χ3v) is 5.38. The van der Waals surface area contributed by atoms with Crippen molar-refractivity contribution in [2.45, 2.75) is 39.2 Å². The Morgan fingerprint density at radius 3 is 2.50 bits per heavy atom. The molecular weight excluding hydrogens is 286 g/mol. The van der Waals surface area contributed by atoms with Gasteiger partial charge < -0.3 is 5.32 Å². The summed E-state index contributed by atoms with van der Waals surface area (Å²) in [4.78, 5) is 0. The summed E-state index contributed by atoms with van der Waals surface area (Å²) in [5, 5.41) is 3.53. The molecular formula is C16H24BrN. The average molecular weight is 310 g/mol. The number of benzene rings is 1. The van der Waals surface area contributed by atoms with E-state index in [1.165, 1.54) is 29.3 Å². The van der Waals surface area contributed by atoms with E-state index in [0.29, 0.717) is 6.04 Å². The van der Waals surface area contributed by atoms with Crippen molar-refractivity contribution >= 4 is 15.9 Å². The topological polar surface area (TPSA) is 12.0 Å². The molecule has 1 saturated carbocycles. The lowest BCUT2D eigenvalue weighted by molar-refractivity contribution is 0.174. The smallest absolute Gasteiger partial charge is 0.0357 e. The molecule has 0 amide bonds. The van der Waals surface area contributed by atoms with E-state index in [-0.39, 0.29) is 0 Å². The van der Waals surface area contributed by atoms with E-state index in [0.717, 1.165) is 17.8 Å². The minimum absolute atomic E-state index is 0.482. The zero-order valence-corrected chi connectivity index (χ0v) is 13.2. The second-order valence-corrected chi connectivity index (χ2v) is 6.67. The second-order valence-electron chi connectivity index (χ2n) is 5.82. The molecule has 0 aliphatic heterocycles. The molecule has 0 aromatic heterocycles. The maximum absolute atomic E-state index is 3.69. The molecule has 1 aliphatic carbocycles. The van der Waals surface area contributed by atoms with Crippen LogP contribution in [-0.4, -0.2) is 7.05 Å². The Labute approximate surface area is 119 Å². The van der Waals surface area contributed by atoms with Crippen molar-refractivity contribution in [3.63, 3.8) is 0 Å². The van der Waals surface area contributed by atoms with Crippen LogP contribution in [0, 0.1) is 17.8 Å². The van der Waals surface area contributed by atoms with Crippen molar-refractivity contribution in [2.24, 2.45) is 17.8 Å². The molecule has 0 saturated heterocycles. The van der Waals surface area contributed by atoms with Crippen molar-refractivity contribution in [2.75, 3.05) is 7.05 Å². The highest BCUT2D eigenvalue weighted by molar-refractivity contribution is 9.10. The number of hydrogen-bond donors (Lipinski definition) is 1. The summed E-state index contributed by atoms with van der Waals surface area (Å²) in [5.74, 6) is 2.50. The third kappa shape index (κ3) is 2.97. The van der Waals surface area contributed by atoms with Crippen molar-refractivity contribution in [1.29, 1.82) is 0 Å². The Balaban J connectivity index is 2.17. The van der Waals surface area contributed by atoms with Gasteiger partial charge in [0, 0.05) is 10.5 Å². The fourth-order valence-electron chi connectivity index (χ4n) is 3.26. The Kier molecular flexibility index (Phi) is 4.85. The highest BCUT2D eigenvalue weighted by Crippen LogP contribution is 2.41. The molecule has 2 rings (SSSR count). The van der Waals surface area contributed by atoms with Crippen LogP contribution < -0.4 is 5.32 Å². The first-order valence-corrected chi connectivity index (χ1v) is 7.84. The minimum Gasteiger partial charge on any atom is -0.313 e. The Morgan fingerprint density at radius 1 is 1.17 bits per heavy atom. The standard InChI is InChI=1S/C16H24BrN/c1-11-8-9-13(10-12(11)2)16(18-3)14-6-4-5-7-15(14)17/h4-7,11-13,16,18H,8-10H2,1-3H3. The van der Waals surface area contributed by atoms with Crippen LogP contribution in [0.5, 0.6) is 0 Å². The molecule has 4 unspecified atom stereocenters. The van der Waals surface area contributed by atoms with Gasteiger partial charge in [0.25, 0.3) is 0 Å². The number of halogens is 1.